The summed E-state index contributed by atoms with van der Waals surface area (Å²) in [6, 6.07) is 14.4. The first-order valence-electron chi connectivity index (χ1n) is 12.7. The van der Waals surface area contributed by atoms with Gasteiger partial charge in [0, 0.05) is 31.4 Å². The molecule has 0 radical (unpaired) electrons. The number of carbonyl (C=O) groups excluding carboxylic acids is 1. The van der Waals surface area contributed by atoms with Gasteiger partial charge in [0.25, 0.3) is 0 Å². The van der Waals surface area contributed by atoms with Crippen molar-refractivity contribution < 1.29 is 17.9 Å². The Morgan fingerprint density at radius 3 is 2.25 bits per heavy atom. The lowest BCUT2D eigenvalue weighted by molar-refractivity contribution is -0.129. The van der Waals surface area contributed by atoms with Crippen LogP contribution < -0.4 is 20.5 Å². The van der Waals surface area contributed by atoms with Crippen LogP contribution in [-0.4, -0.2) is 50.7 Å². The highest BCUT2D eigenvalue weighted by Gasteiger charge is 2.44. The Bertz CT molecular complexity index is 1130. The Morgan fingerprint density at radius 2 is 1.67 bits per heavy atom. The zero-order valence-electron chi connectivity index (χ0n) is 21.2. The molecule has 2 aliphatic rings. The summed E-state index contributed by atoms with van der Waals surface area (Å²) in [4.78, 5) is 15.1. The molecule has 2 aromatic rings. The van der Waals surface area contributed by atoms with Gasteiger partial charge in [-0.1, -0.05) is 31.4 Å². The Balaban J connectivity index is 1.38. The fourth-order valence-electron chi connectivity index (χ4n) is 5.60. The molecule has 2 fully saturated rings. The second-order valence-corrected chi connectivity index (χ2v) is 12.0. The van der Waals surface area contributed by atoms with E-state index in [1.165, 1.54) is 32.1 Å². The lowest BCUT2D eigenvalue weighted by Crippen LogP contribution is -2.61. The number of carbonyl (C=O) groups is 1. The monoisotopic (exact) mass is 514 g/mol. The van der Waals surface area contributed by atoms with Crippen LogP contribution in [0.3, 0.4) is 0 Å². The predicted molar refractivity (Wildman–Crippen MR) is 142 cm³/mol. The fraction of sp³-hybridized carbons (Fsp3) is 0.519. The van der Waals surface area contributed by atoms with Crippen LogP contribution in [-0.2, 0) is 21.4 Å². The van der Waals surface area contributed by atoms with Crippen LogP contribution in [0.25, 0.3) is 0 Å². The fourth-order valence-corrected chi connectivity index (χ4v) is 6.16. The molecule has 1 saturated heterocycles. The Hall–Kier alpha value is -2.62. The van der Waals surface area contributed by atoms with Crippen molar-refractivity contribution in [2.24, 2.45) is 11.7 Å². The van der Waals surface area contributed by atoms with Gasteiger partial charge < -0.3 is 15.8 Å². The first-order valence-corrected chi connectivity index (χ1v) is 14.6. The van der Waals surface area contributed by atoms with Crippen LogP contribution >= 0.6 is 0 Å². The van der Waals surface area contributed by atoms with Gasteiger partial charge in [-0.15, -0.1) is 0 Å². The summed E-state index contributed by atoms with van der Waals surface area (Å²) in [7, 11) is -1.62. The third kappa shape index (κ3) is 6.78. The topological polar surface area (TPSA) is 114 Å². The number of nitrogens with one attached hydrogen (secondary N) is 2. The van der Waals surface area contributed by atoms with Crippen molar-refractivity contribution in [3.8, 4) is 11.5 Å². The Kier molecular flexibility index (Phi) is 8.22. The first-order chi connectivity index (χ1) is 17.1. The van der Waals surface area contributed by atoms with E-state index in [1.54, 1.807) is 31.3 Å². The number of sulfonamides is 1. The zero-order chi connectivity index (χ0) is 25.8. The molecule has 9 heteroatoms. The van der Waals surface area contributed by atoms with E-state index in [9.17, 15) is 13.2 Å². The van der Waals surface area contributed by atoms with Gasteiger partial charge in [-0.3, -0.25) is 14.4 Å². The molecule has 4 N–H and O–H groups in total. The Labute approximate surface area is 214 Å². The van der Waals surface area contributed by atoms with E-state index in [0.29, 0.717) is 36.1 Å². The van der Waals surface area contributed by atoms with E-state index < -0.39 is 10.0 Å². The molecule has 2 aromatic carbocycles. The number of hydrogen-bond acceptors (Lipinski definition) is 6. The molecule has 36 heavy (non-hydrogen) atoms. The van der Waals surface area contributed by atoms with Gasteiger partial charge in [-0.2, -0.15) is 0 Å². The summed E-state index contributed by atoms with van der Waals surface area (Å²) < 4.78 is 31.1. The lowest BCUT2D eigenvalue weighted by Gasteiger charge is -2.48. The number of benzene rings is 2. The third-order valence-corrected chi connectivity index (χ3v) is 8.15. The highest BCUT2D eigenvalue weighted by Crippen LogP contribution is 2.39. The molecule has 196 valence electrons. The number of likely N-dealkylation sites (tertiary alicyclic amines) is 1. The van der Waals surface area contributed by atoms with Crippen LogP contribution in [0.15, 0.2) is 48.5 Å². The van der Waals surface area contributed by atoms with Crippen molar-refractivity contribution in [2.75, 3.05) is 24.6 Å². The maximum atomic E-state index is 12.8. The van der Waals surface area contributed by atoms with E-state index in [1.807, 2.05) is 24.3 Å². The largest absolute Gasteiger partial charge is 0.457 e. The molecule has 1 heterocycles. The van der Waals surface area contributed by atoms with Crippen molar-refractivity contribution >= 4 is 21.6 Å². The third-order valence-electron chi connectivity index (χ3n) is 7.55. The van der Waals surface area contributed by atoms with Crippen LogP contribution in [0.5, 0.6) is 11.5 Å². The van der Waals surface area contributed by atoms with E-state index in [4.69, 9.17) is 10.5 Å². The molecular formula is C27H38N4O4S. The van der Waals surface area contributed by atoms with Crippen molar-refractivity contribution in [1.82, 2.24) is 10.2 Å². The van der Waals surface area contributed by atoms with E-state index in [-0.39, 0.29) is 17.5 Å². The van der Waals surface area contributed by atoms with Gasteiger partial charge in [0.1, 0.15) is 11.5 Å². The standard InChI is InChI=1S/C27H38N4O4S/c1-29-26(32)25-18-27(28,21-6-4-3-5-7-21)16-17-31(25)19-20-8-12-23(13-9-20)35-24-14-10-22(11-15-24)30-36(2,33)34/h8-15,21,25,30H,3-7,16-19,28H2,1-2H3,(H,29,32). The summed E-state index contributed by atoms with van der Waals surface area (Å²) in [5.41, 5.74) is 8.27. The minimum absolute atomic E-state index is 0.0362. The number of likely N-dealkylation sites (N-methyl/N-ethyl adjacent to an activating group) is 1. The number of nitrogens with zero attached hydrogens (tertiary/aromatic N) is 1. The highest BCUT2D eigenvalue weighted by atomic mass is 32.2. The average Bonchev–Trinajstić information content (AvgIpc) is 2.87. The SMILES string of the molecule is CNC(=O)C1CC(N)(C2CCCCC2)CCN1Cc1ccc(Oc2ccc(NS(C)(=O)=O)cc2)cc1. The van der Waals surface area contributed by atoms with Crippen molar-refractivity contribution in [3.05, 3.63) is 54.1 Å². The number of ether oxygens (including phenoxy) is 1. The number of nitrogens with two attached hydrogens (primary N) is 1. The Morgan fingerprint density at radius 1 is 1.06 bits per heavy atom. The van der Waals surface area contributed by atoms with Crippen molar-refractivity contribution in [2.45, 2.75) is 63.1 Å². The molecule has 2 unspecified atom stereocenters. The summed E-state index contributed by atoms with van der Waals surface area (Å²) in [5, 5.41) is 2.85. The molecule has 0 spiro atoms. The molecule has 1 aliphatic heterocycles. The summed E-state index contributed by atoms with van der Waals surface area (Å²) in [6.07, 6.45) is 8.86. The molecule has 0 bridgehead atoms. The predicted octanol–water partition coefficient (Wildman–Crippen LogP) is 3.84. The minimum atomic E-state index is -3.32. The van der Waals surface area contributed by atoms with Gasteiger partial charge in [0.15, 0.2) is 0 Å². The van der Waals surface area contributed by atoms with Gasteiger partial charge >= 0.3 is 0 Å². The molecule has 0 aromatic heterocycles. The summed E-state index contributed by atoms with van der Waals surface area (Å²) in [5.74, 6) is 1.84. The second-order valence-electron chi connectivity index (χ2n) is 10.3. The van der Waals surface area contributed by atoms with Crippen LogP contribution in [0.1, 0.15) is 50.5 Å². The quantitative estimate of drug-likeness (QED) is 0.493. The van der Waals surface area contributed by atoms with Crippen LogP contribution in [0, 0.1) is 5.92 Å². The zero-order valence-corrected chi connectivity index (χ0v) is 22.0. The number of rotatable bonds is 8. The first kappa shape index (κ1) is 26.4. The normalized spacial score (nSPS) is 23.7. The summed E-state index contributed by atoms with van der Waals surface area (Å²) in [6.45, 7) is 1.47. The number of anilines is 1. The van der Waals surface area contributed by atoms with Crippen LogP contribution in [0.4, 0.5) is 5.69 Å². The molecular weight excluding hydrogens is 476 g/mol. The van der Waals surface area contributed by atoms with Gasteiger partial charge in [-0.25, -0.2) is 8.42 Å². The van der Waals surface area contributed by atoms with Crippen molar-refractivity contribution in [1.29, 1.82) is 0 Å². The lowest BCUT2D eigenvalue weighted by atomic mass is 9.68. The molecule has 1 aliphatic carbocycles. The number of piperidine rings is 1. The number of amides is 1. The maximum Gasteiger partial charge on any atom is 0.237 e. The van der Waals surface area contributed by atoms with Crippen LogP contribution in [0.2, 0.25) is 0 Å². The minimum Gasteiger partial charge on any atom is -0.457 e. The molecule has 1 saturated carbocycles. The molecule has 1 amide bonds. The number of hydrogen-bond donors (Lipinski definition) is 3. The highest BCUT2D eigenvalue weighted by molar-refractivity contribution is 7.92. The molecule has 2 atom stereocenters. The molecule has 4 rings (SSSR count). The van der Waals surface area contributed by atoms with E-state index >= 15 is 0 Å². The van der Waals surface area contributed by atoms with E-state index in [0.717, 1.165) is 24.8 Å². The van der Waals surface area contributed by atoms with Gasteiger partial charge in [0.2, 0.25) is 15.9 Å². The maximum absolute atomic E-state index is 12.8. The summed E-state index contributed by atoms with van der Waals surface area (Å²) >= 11 is 0. The average molecular weight is 515 g/mol. The molecule has 8 nitrogen and oxygen atoms in total. The van der Waals surface area contributed by atoms with Gasteiger partial charge in [-0.05, 0) is 73.6 Å². The van der Waals surface area contributed by atoms with Gasteiger partial charge in [0.05, 0.1) is 12.3 Å². The van der Waals surface area contributed by atoms with E-state index in [2.05, 4.69) is 14.9 Å². The second kappa shape index (κ2) is 11.2. The smallest absolute Gasteiger partial charge is 0.237 e. The van der Waals surface area contributed by atoms with Crippen molar-refractivity contribution in [3.63, 3.8) is 0 Å².